The van der Waals surface area contributed by atoms with Crippen molar-refractivity contribution < 1.29 is 9.53 Å². The number of hydrogen-bond acceptors (Lipinski definition) is 6. The van der Waals surface area contributed by atoms with Crippen LogP contribution in [0.2, 0.25) is 0 Å². The SMILES string of the molecule is CC#CC(=O)N1CCC(Nc2ncncc2C(=N)c2ccc(Oc3ccccc3)cc2)CC1. The van der Waals surface area contributed by atoms with E-state index in [1.165, 1.54) is 6.33 Å². The summed E-state index contributed by atoms with van der Waals surface area (Å²) < 4.78 is 5.84. The first-order chi connectivity index (χ1) is 16.1. The summed E-state index contributed by atoms with van der Waals surface area (Å²) in [5, 5.41) is 12.2. The van der Waals surface area contributed by atoms with E-state index in [0.717, 1.165) is 24.2 Å². The summed E-state index contributed by atoms with van der Waals surface area (Å²) in [5.74, 6) is 7.22. The molecule has 0 atom stereocenters. The Morgan fingerprint density at radius 1 is 1.09 bits per heavy atom. The minimum Gasteiger partial charge on any atom is -0.457 e. The van der Waals surface area contributed by atoms with Crippen molar-refractivity contribution in [2.24, 2.45) is 0 Å². The van der Waals surface area contributed by atoms with Crippen LogP contribution in [0, 0.1) is 17.3 Å². The summed E-state index contributed by atoms with van der Waals surface area (Å²) in [6, 6.07) is 17.1. The van der Waals surface area contributed by atoms with E-state index < -0.39 is 0 Å². The van der Waals surface area contributed by atoms with Crippen LogP contribution in [-0.4, -0.2) is 45.6 Å². The van der Waals surface area contributed by atoms with Crippen molar-refractivity contribution >= 4 is 17.4 Å². The Hall–Kier alpha value is -4.18. The number of piperidine rings is 1. The van der Waals surface area contributed by atoms with Gasteiger partial charge in [0, 0.05) is 30.9 Å². The lowest BCUT2D eigenvalue weighted by atomic mass is 10.0. The van der Waals surface area contributed by atoms with Gasteiger partial charge in [-0.3, -0.25) is 10.2 Å². The maximum atomic E-state index is 12.0. The fraction of sp³-hybridized carbons (Fsp3) is 0.231. The molecule has 0 saturated carbocycles. The summed E-state index contributed by atoms with van der Waals surface area (Å²) in [6.45, 7) is 2.96. The summed E-state index contributed by atoms with van der Waals surface area (Å²) in [7, 11) is 0. The summed E-state index contributed by atoms with van der Waals surface area (Å²) in [6.07, 6.45) is 4.71. The molecule has 0 radical (unpaired) electrons. The van der Waals surface area contributed by atoms with Gasteiger partial charge in [0.05, 0.1) is 11.3 Å². The van der Waals surface area contributed by atoms with E-state index in [0.29, 0.717) is 35.9 Å². The number of nitrogens with one attached hydrogen (secondary N) is 2. The third-order valence-corrected chi connectivity index (χ3v) is 5.46. The number of amides is 1. The molecular formula is C26H25N5O2. The Labute approximate surface area is 193 Å². The van der Waals surface area contributed by atoms with Gasteiger partial charge in [0.1, 0.15) is 23.6 Å². The highest BCUT2D eigenvalue weighted by atomic mass is 16.5. The molecule has 2 N–H and O–H groups in total. The van der Waals surface area contributed by atoms with Gasteiger partial charge in [-0.2, -0.15) is 0 Å². The Balaban J connectivity index is 1.42. The van der Waals surface area contributed by atoms with Crippen LogP contribution in [0.5, 0.6) is 11.5 Å². The molecule has 7 nitrogen and oxygen atoms in total. The number of carbonyl (C=O) groups excluding carboxylic acids is 1. The second kappa shape index (κ2) is 10.4. The first-order valence-corrected chi connectivity index (χ1v) is 10.8. The van der Waals surface area contributed by atoms with Gasteiger partial charge < -0.3 is 15.0 Å². The molecule has 1 saturated heterocycles. The van der Waals surface area contributed by atoms with Crippen LogP contribution >= 0.6 is 0 Å². The first-order valence-electron chi connectivity index (χ1n) is 10.8. The van der Waals surface area contributed by atoms with E-state index >= 15 is 0 Å². The molecule has 2 heterocycles. The smallest absolute Gasteiger partial charge is 0.298 e. The molecule has 1 amide bonds. The van der Waals surface area contributed by atoms with Crippen LogP contribution in [-0.2, 0) is 4.79 Å². The number of benzene rings is 2. The number of para-hydroxylation sites is 1. The average Bonchev–Trinajstić information content (AvgIpc) is 2.86. The zero-order chi connectivity index (χ0) is 23.0. The van der Waals surface area contributed by atoms with Gasteiger partial charge in [-0.25, -0.2) is 9.97 Å². The van der Waals surface area contributed by atoms with E-state index in [1.54, 1.807) is 18.0 Å². The van der Waals surface area contributed by atoms with E-state index in [4.69, 9.17) is 10.1 Å². The number of rotatable bonds is 6. The highest BCUT2D eigenvalue weighted by Crippen LogP contribution is 2.24. The fourth-order valence-electron chi connectivity index (χ4n) is 3.70. The van der Waals surface area contributed by atoms with Gasteiger partial charge in [-0.15, -0.1) is 0 Å². The number of ether oxygens (including phenoxy) is 1. The molecule has 1 aliphatic heterocycles. The topological polar surface area (TPSA) is 91.2 Å². The van der Waals surface area contributed by atoms with E-state index in [2.05, 4.69) is 27.1 Å². The van der Waals surface area contributed by atoms with Gasteiger partial charge in [-0.05, 0) is 62.1 Å². The van der Waals surface area contributed by atoms with Crippen LogP contribution < -0.4 is 10.1 Å². The number of carbonyl (C=O) groups is 1. The molecular weight excluding hydrogens is 414 g/mol. The van der Waals surface area contributed by atoms with Crippen molar-refractivity contribution in [2.75, 3.05) is 18.4 Å². The van der Waals surface area contributed by atoms with Crippen LogP contribution in [0.15, 0.2) is 67.1 Å². The zero-order valence-electron chi connectivity index (χ0n) is 18.4. The third kappa shape index (κ3) is 5.55. The van der Waals surface area contributed by atoms with Crippen molar-refractivity contribution in [3.63, 3.8) is 0 Å². The lowest BCUT2D eigenvalue weighted by molar-refractivity contribution is -0.126. The number of nitrogens with zero attached hydrogens (tertiary/aromatic N) is 3. The van der Waals surface area contributed by atoms with Crippen LogP contribution in [0.1, 0.15) is 30.9 Å². The summed E-state index contributed by atoms with van der Waals surface area (Å²) >= 11 is 0. The van der Waals surface area contributed by atoms with Crippen LogP contribution in [0.3, 0.4) is 0 Å². The molecule has 1 aromatic heterocycles. The van der Waals surface area contributed by atoms with Gasteiger partial charge >= 0.3 is 0 Å². The Bertz CT molecular complexity index is 1170. The van der Waals surface area contributed by atoms with Gasteiger partial charge in [0.25, 0.3) is 5.91 Å². The molecule has 1 aliphatic rings. The number of hydrogen-bond donors (Lipinski definition) is 2. The van der Waals surface area contributed by atoms with Crippen LogP contribution in [0.25, 0.3) is 0 Å². The first kappa shape index (κ1) is 22.0. The minimum atomic E-state index is -0.125. The standard InChI is InChI=1S/C26H25N5O2/c1-2-6-24(32)31-15-13-20(14-16-31)30-26-23(17-28-18-29-26)25(27)19-9-11-22(12-10-19)33-21-7-4-3-5-8-21/h3-5,7-12,17-18,20,27H,13-16H2,1H3,(H,28,29,30). The van der Waals surface area contributed by atoms with Crippen molar-refractivity contribution in [3.8, 4) is 23.3 Å². The third-order valence-electron chi connectivity index (χ3n) is 5.46. The van der Waals surface area contributed by atoms with E-state index in [9.17, 15) is 4.79 Å². The molecule has 4 rings (SSSR count). The molecule has 1 fully saturated rings. The molecule has 3 aromatic rings. The number of aromatic nitrogens is 2. The molecule has 0 spiro atoms. The number of likely N-dealkylation sites (tertiary alicyclic amines) is 1. The second-order valence-corrected chi connectivity index (χ2v) is 7.69. The highest BCUT2D eigenvalue weighted by molar-refractivity contribution is 6.13. The van der Waals surface area contributed by atoms with Crippen molar-refractivity contribution in [3.05, 3.63) is 78.2 Å². The molecule has 0 aliphatic carbocycles. The Morgan fingerprint density at radius 2 is 1.79 bits per heavy atom. The monoisotopic (exact) mass is 439 g/mol. The maximum absolute atomic E-state index is 12.0. The molecule has 33 heavy (non-hydrogen) atoms. The largest absolute Gasteiger partial charge is 0.457 e. The normalized spacial score (nSPS) is 13.5. The van der Waals surface area contributed by atoms with Crippen molar-refractivity contribution in [2.45, 2.75) is 25.8 Å². The maximum Gasteiger partial charge on any atom is 0.298 e. The van der Waals surface area contributed by atoms with Gasteiger partial charge in [0.2, 0.25) is 0 Å². The van der Waals surface area contributed by atoms with Gasteiger partial charge in [-0.1, -0.05) is 24.1 Å². The van der Waals surface area contributed by atoms with E-state index in [1.807, 2.05) is 54.6 Å². The molecule has 0 unspecified atom stereocenters. The molecule has 0 bridgehead atoms. The average molecular weight is 440 g/mol. The molecule has 7 heteroatoms. The fourth-order valence-corrected chi connectivity index (χ4v) is 3.70. The molecule has 2 aromatic carbocycles. The summed E-state index contributed by atoms with van der Waals surface area (Å²) in [5.41, 5.74) is 1.70. The zero-order valence-corrected chi connectivity index (χ0v) is 18.4. The molecule has 166 valence electrons. The highest BCUT2D eigenvalue weighted by Gasteiger charge is 2.23. The minimum absolute atomic E-state index is 0.125. The second-order valence-electron chi connectivity index (χ2n) is 7.69. The quantitative estimate of drug-likeness (QED) is 0.446. The van der Waals surface area contributed by atoms with Crippen molar-refractivity contribution in [1.82, 2.24) is 14.9 Å². The Morgan fingerprint density at radius 3 is 2.48 bits per heavy atom. The number of anilines is 1. The lowest BCUT2D eigenvalue weighted by Gasteiger charge is -2.31. The van der Waals surface area contributed by atoms with E-state index in [-0.39, 0.29) is 11.9 Å². The van der Waals surface area contributed by atoms with Crippen molar-refractivity contribution in [1.29, 1.82) is 5.41 Å². The Kier molecular flexibility index (Phi) is 6.96. The van der Waals surface area contributed by atoms with Crippen LogP contribution in [0.4, 0.5) is 5.82 Å². The summed E-state index contributed by atoms with van der Waals surface area (Å²) in [4.78, 5) is 22.3. The lowest BCUT2D eigenvalue weighted by Crippen LogP contribution is -2.42. The predicted octanol–water partition coefficient (Wildman–Crippen LogP) is 4.11. The van der Waals surface area contributed by atoms with Gasteiger partial charge in [0.15, 0.2) is 0 Å². The predicted molar refractivity (Wildman–Crippen MR) is 128 cm³/mol.